The van der Waals surface area contributed by atoms with Crippen molar-refractivity contribution >= 4 is 0 Å². The molecule has 1 heterocycles. The third kappa shape index (κ3) is 2.48. The van der Waals surface area contributed by atoms with E-state index in [0.717, 1.165) is 24.0 Å². The molecule has 0 aliphatic rings. The second kappa shape index (κ2) is 4.51. The molecule has 1 rings (SSSR count). The first-order valence-corrected chi connectivity index (χ1v) is 4.21. The number of nitrogens with zero attached hydrogens (tertiary/aromatic N) is 1. The Bertz CT molecular complexity index is 325. The molecule has 0 atom stereocenters. The number of methoxy groups -OCH3 is 1. The van der Waals surface area contributed by atoms with Gasteiger partial charge in [-0.05, 0) is 25.0 Å². The van der Waals surface area contributed by atoms with Gasteiger partial charge in [0.25, 0.3) is 0 Å². The Balaban J connectivity index is 2.78. The molecule has 1 aromatic heterocycles. The van der Waals surface area contributed by atoms with E-state index in [1.807, 2.05) is 13.1 Å². The smallest absolute Gasteiger partial charge is 0.215 e. The topological polar surface area (TPSA) is 22.1 Å². The zero-order chi connectivity index (χ0) is 9.68. The quantitative estimate of drug-likeness (QED) is 0.655. The van der Waals surface area contributed by atoms with Gasteiger partial charge in [-0.1, -0.05) is 0 Å². The zero-order valence-electron chi connectivity index (χ0n) is 8.00. The molecule has 0 aromatic carbocycles. The van der Waals surface area contributed by atoms with Crippen LogP contribution in [0.5, 0.6) is 5.88 Å². The standard InChI is InChI=1S/C11H13NO/c1-4-5-6-10-7-9(2)11(13-3)12-8-10/h1,7-8H,5-6H2,2-3H3. The highest BCUT2D eigenvalue weighted by Crippen LogP contribution is 2.15. The molecule has 13 heavy (non-hydrogen) atoms. The van der Waals surface area contributed by atoms with E-state index in [2.05, 4.69) is 17.0 Å². The summed E-state index contributed by atoms with van der Waals surface area (Å²) in [6.45, 7) is 1.98. The first-order chi connectivity index (χ1) is 6.27. The molecule has 2 nitrogen and oxygen atoms in total. The first kappa shape index (κ1) is 9.60. The largest absolute Gasteiger partial charge is 0.481 e. The van der Waals surface area contributed by atoms with Crippen LogP contribution in [0, 0.1) is 19.3 Å². The van der Waals surface area contributed by atoms with Gasteiger partial charge in [-0.2, -0.15) is 0 Å². The Morgan fingerprint density at radius 3 is 2.92 bits per heavy atom. The van der Waals surface area contributed by atoms with E-state index in [9.17, 15) is 0 Å². The second-order valence-electron chi connectivity index (χ2n) is 2.87. The number of hydrogen-bond donors (Lipinski definition) is 0. The fraction of sp³-hybridized carbons (Fsp3) is 0.364. The molecule has 1 aromatic rings. The minimum absolute atomic E-state index is 0.685. The van der Waals surface area contributed by atoms with Crippen LogP contribution in [0.25, 0.3) is 0 Å². The fourth-order valence-electron chi connectivity index (χ4n) is 1.19. The summed E-state index contributed by atoms with van der Waals surface area (Å²) in [5, 5.41) is 0. The summed E-state index contributed by atoms with van der Waals surface area (Å²) >= 11 is 0. The number of rotatable bonds is 3. The number of aryl methyl sites for hydroxylation is 2. The van der Waals surface area contributed by atoms with Crippen molar-refractivity contribution in [2.45, 2.75) is 19.8 Å². The summed E-state index contributed by atoms with van der Waals surface area (Å²) in [5.74, 6) is 3.29. The lowest BCUT2D eigenvalue weighted by molar-refractivity contribution is 0.394. The van der Waals surface area contributed by atoms with Crippen LogP contribution in [-0.4, -0.2) is 12.1 Å². The normalized spacial score (nSPS) is 9.31. The summed E-state index contributed by atoms with van der Waals surface area (Å²) in [5.41, 5.74) is 2.22. The molecule has 0 saturated heterocycles. The van der Waals surface area contributed by atoms with Crippen molar-refractivity contribution < 1.29 is 4.74 Å². The van der Waals surface area contributed by atoms with E-state index in [0.29, 0.717) is 5.88 Å². The molecular weight excluding hydrogens is 162 g/mol. The highest BCUT2D eigenvalue weighted by atomic mass is 16.5. The van der Waals surface area contributed by atoms with E-state index < -0.39 is 0 Å². The van der Waals surface area contributed by atoms with Gasteiger partial charge < -0.3 is 4.74 Å². The molecule has 0 radical (unpaired) electrons. The third-order valence-corrected chi connectivity index (χ3v) is 1.84. The highest BCUT2D eigenvalue weighted by Gasteiger charge is 2.00. The van der Waals surface area contributed by atoms with Crippen molar-refractivity contribution in [2.24, 2.45) is 0 Å². The van der Waals surface area contributed by atoms with Gasteiger partial charge in [0.1, 0.15) is 0 Å². The summed E-state index contributed by atoms with van der Waals surface area (Å²) in [6, 6.07) is 2.06. The minimum atomic E-state index is 0.685. The average molecular weight is 175 g/mol. The van der Waals surface area contributed by atoms with Crippen molar-refractivity contribution in [3.8, 4) is 18.2 Å². The molecule has 0 saturated carbocycles. The average Bonchev–Trinajstić information content (AvgIpc) is 2.15. The van der Waals surface area contributed by atoms with Crippen LogP contribution in [0.1, 0.15) is 17.5 Å². The Kier molecular flexibility index (Phi) is 3.33. The molecule has 0 unspecified atom stereocenters. The lowest BCUT2D eigenvalue weighted by Gasteiger charge is -2.04. The minimum Gasteiger partial charge on any atom is -0.481 e. The zero-order valence-corrected chi connectivity index (χ0v) is 8.00. The molecule has 0 aliphatic carbocycles. The Morgan fingerprint density at radius 1 is 1.62 bits per heavy atom. The van der Waals surface area contributed by atoms with Crippen molar-refractivity contribution in [3.05, 3.63) is 23.4 Å². The van der Waals surface area contributed by atoms with Gasteiger partial charge in [-0.3, -0.25) is 0 Å². The van der Waals surface area contributed by atoms with Crippen molar-refractivity contribution in [1.29, 1.82) is 0 Å². The van der Waals surface area contributed by atoms with Crippen LogP contribution in [0.15, 0.2) is 12.3 Å². The van der Waals surface area contributed by atoms with Crippen molar-refractivity contribution in [3.63, 3.8) is 0 Å². The Labute approximate surface area is 79.0 Å². The first-order valence-electron chi connectivity index (χ1n) is 4.21. The number of aromatic nitrogens is 1. The van der Waals surface area contributed by atoms with Crippen LogP contribution in [-0.2, 0) is 6.42 Å². The maximum atomic E-state index is 5.18. The number of pyridine rings is 1. The number of terminal acetylenes is 1. The molecule has 0 amide bonds. The summed E-state index contributed by atoms with van der Waals surface area (Å²) in [4.78, 5) is 4.16. The summed E-state index contributed by atoms with van der Waals surface area (Å²) < 4.78 is 5.05. The van der Waals surface area contributed by atoms with E-state index in [4.69, 9.17) is 11.2 Å². The predicted octanol–water partition coefficient (Wildman–Crippen LogP) is 1.96. The van der Waals surface area contributed by atoms with Crippen molar-refractivity contribution in [2.75, 3.05) is 7.11 Å². The Morgan fingerprint density at radius 2 is 2.38 bits per heavy atom. The summed E-state index contributed by atoms with van der Waals surface area (Å²) in [6.07, 6.45) is 8.62. The maximum Gasteiger partial charge on any atom is 0.215 e. The van der Waals surface area contributed by atoms with E-state index in [-0.39, 0.29) is 0 Å². The number of ether oxygens (including phenoxy) is 1. The lowest BCUT2D eigenvalue weighted by atomic mass is 10.1. The molecule has 0 fully saturated rings. The maximum absolute atomic E-state index is 5.18. The predicted molar refractivity (Wildman–Crippen MR) is 52.7 cm³/mol. The molecule has 0 aliphatic heterocycles. The Hall–Kier alpha value is -1.49. The van der Waals surface area contributed by atoms with Gasteiger partial charge in [-0.15, -0.1) is 12.3 Å². The van der Waals surface area contributed by atoms with E-state index in [1.54, 1.807) is 7.11 Å². The third-order valence-electron chi connectivity index (χ3n) is 1.84. The lowest BCUT2D eigenvalue weighted by Crippen LogP contribution is -1.93. The van der Waals surface area contributed by atoms with Gasteiger partial charge in [0, 0.05) is 18.2 Å². The van der Waals surface area contributed by atoms with Crippen molar-refractivity contribution in [1.82, 2.24) is 4.98 Å². The molecule has 0 bridgehead atoms. The summed E-state index contributed by atoms with van der Waals surface area (Å²) in [7, 11) is 1.62. The molecule has 0 N–H and O–H groups in total. The molecular formula is C11H13NO. The van der Waals surface area contributed by atoms with Gasteiger partial charge in [0.2, 0.25) is 5.88 Å². The fourth-order valence-corrected chi connectivity index (χ4v) is 1.19. The van der Waals surface area contributed by atoms with Gasteiger partial charge >= 0.3 is 0 Å². The van der Waals surface area contributed by atoms with E-state index in [1.165, 1.54) is 0 Å². The van der Waals surface area contributed by atoms with Crippen LogP contribution in [0.4, 0.5) is 0 Å². The van der Waals surface area contributed by atoms with E-state index >= 15 is 0 Å². The molecule has 0 spiro atoms. The molecule has 68 valence electrons. The van der Waals surface area contributed by atoms with Gasteiger partial charge in [0.05, 0.1) is 7.11 Å². The monoisotopic (exact) mass is 175 g/mol. The van der Waals surface area contributed by atoms with Crippen LogP contribution in [0.2, 0.25) is 0 Å². The highest BCUT2D eigenvalue weighted by molar-refractivity contribution is 5.28. The molecule has 2 heteroatoms. The van der Waals surface area contributed by atoms with Crippen LogP contribution >= 0.6 is 0 Å². The number of hydrogen-bond acceptors (Lipinski definition) is 2. The SMILES string of the molecule is C#CCCc1cnc(OC)c(C)c1. The second-order valence-corrected chi connectivity index (χ2v) is 2.87. The van der Waals surface area contributed by atoms with Gasteiger partial charge in [0.15, 0.2) is 0 Å². The van der Waals surface area contributed by atoms with Gasteiger partial charge in [-0.25, -0.2) is 4.98 Å². The van der Waals surface area contributed by atoms with Crippen LogP contribution in [0.3, 0.4) is 0 Å². The van der Waals surface area contributed by atoms with Crippen LogP contribution < -0.4 is 4.74 Å².